The Morgan fingerprint density at radius 2 is 0.946 bits per heavy atom. The van der Waals surface area contributed by atoms with Crippen LogP contribution in [0.5, 0.6) is 0 Å². The first-order valence-corrected chi connectivity index (χ1v) is 14.0. The molecule has 2 aromatic carbocycles. The molecule has 0 bridgehead atoms. The summed E-state index contributed by atoms with van der Waals surface area (Å²) in [4.78, 5) is 31.4. The second-order valence-corrected chi connectivity index (χ2v) is 11.7. The number of methoxy groups -OCH3 is 1. The van der Waals surface area contributed by atoms with E-state index in [4.69, 9.17) is 4.74 Å². The third-order valence-corrected chi connectivity index (χ3v) is 8.59. The average molecular weight is 505 g/mol. The predicted molar refractivity (Wildman–Crippen MR) is 149 cm³/mol. The minimum absolute atomic E-state index is 0.161. The molecule has 0 aliphatic carbocycles. The van der Waals surface area contributed by atoms with Crippen molar-refractivity contribution in [2.24, 2.45) is 0 Å². The number of benzene rings is 2. The number of rotatable bonds is 9. The molecule has 5 heteroatoms. The molecule has 5 nitrogen and oxygen atoms in total. The number of hydrogen-bond acceptors (Lipinski definition) is 5. The predicted octanol–water partition coefficient (Wildman–Crippen LogP) is 6.32. The Kier molecular flexibility index (Phi) is 8.67. The quantitative estimate of drug-likeness (QED) is 0.374. The zero-order valence-corrected chi connectivity index (χ0v) is 23.4. The summed E-state index contributed by atoms with van der Waals surface area (Å²) in [5.74, 6) is 0.322. The topological polar surface area (TPSA) is 49.9 Å². The first-order chi connectivity index (χ1) is 17.7. The van der Waals surface area contributed by atoms with Gasteiger partial charge in [-0.1, -0.05) is 61.4 Å². The van der Waals surface area contributed by atoms with Crippen LogP contribution in [0.15, 0.2) is 48.5 Å². The SMILES string of the molecule is COC(c1ccc(C(=O)C(C)(C)N2CCCCC2)cc1)c1ccc(C(=O)C(C)(C)N2CCCCC2)cc1. The number of ketones is 2. The standard InChI is InChI=1S/C32H44N2O3/c1-31(2,33-20-8-6-9-21-33)29(35)26-16-12-24(13-17-26)28(37-5)25-14-18-27(19-15-25)30(36)32(3,4)34-22-10-7-11-23-34/h12-19,28H,6-11,20-23H2,1-5H3. The van der Waals surface area contributed by atoms with Gasteiger partial charge in [0.2, 0.25) is 0 Å². The first-order valence-electron chi connectivity index (χ1n) is 14.0. The van der Waals surface area contributed by atoms with Crippen molar-refractivity contribution in [2.75, 3.05) is 33.3 Å². The molecule has 2 heterocycles. The van der Waals surface area contributed by atoms with Crippen molar-refractivity contribution in [3.8, 4) is 0 Å². The van der Waals surface area contributed by atoms with Crippen LogP contribution in [-0.2, 0) is 4.74 Å². The summed E-state index contributed by atoms with van der Waals surface area (Å²) >= 11 is 0. The molecule has 4 rings (SSSR count). The van der Waals surface area contributed by atoms with E-state index in [9.17, 15) is 9.59 Å². The van der Waals surface area contributed by atoms with Gasteiger partial charge in [-0.15, -0.1) is 0 Å². The highest BCUT2D eigenvalue weighted by Crippen LogP contribution is 2.30. The number of hydrogen-bond donors (Lipinski definition) is 0. The third kappa shape index (κ3) is 5.89. The second-order valence-electron chi connectivity index (χ2n) is 11.7. The molecule has 0 amide bonds. The first kappa shape index (κ1) is 27.7. The molecule has 0 unspecified atom stereocenters. The zero-order chi connectivity index (χ0) is 26.6. The Labute approximate surface area is 223 Å². The number of ether oxygens (including phenoxy) is 1. The van der Waals surface area contributed by atoms with Crippen molar-refractivity contribution in [1.82, 2.24) is 9.80 Å². The van der Waals surface area contributed by atoms with Crippen molar-refractivity contribution in [2.45, 2.75) is 83.4 Å². The number of likely N-dealkylation sites (tertiary alicyclic amines) is 2. The van der Waals surface area contributed by atoms with Gasteiger partial charge in [-0.2, -0.15) is 0 Å². The number of carbonyl (C=O) groups is 2. The van der Waals surface area contributed by atoms with Crippen molar-refractivity contribution < 1.29 is 14.3 Å². The second kappa shape index (κ2) is 11.6. The monoisotopic (exact) mass is 504 g/mol. The molecular formula is C32H44N2O3. The van der Waals surface area contributed by atoms with Crippen LogP contribution < -0.4 is 0 Å². The van der Waals surface area contributed by atoms with Gasteiger partial charge >= 0.3 is 0 Å². The van der Waals surface area contributed by atoms with Gasteiger partial charge in [0, 0.05) is 18.2 Å². The van der Waals surface area contributed by atoms with Crippen LogP contribution in [0.25, 0.3) is 0 Å². The van der Waals surface area contributed by atoms with E-state index in [2.05, 4.69) is 9.80 Å². The summed E-state index contributed by atoms with van der Waals surface area (Å²) in [7, 11) is 1.70. The van der Waals surface area contributed by atoms with Crippen LogP contribution >= 0.6 is 0 Å². The van der Waals surface area contributed by atoms with E-state index in [1.54, 1.807) is 7.11 Å². The Bertz CT molecular complexity index is 975. The van der Waals surface area contributed by atoms with Gasteiger partial charge in [0.05, 0.1) is 11.1 Å². The molecule has 0 aromatic heterocycles. The highest BCUT2D eigenvalue weighted by Gasteiger charge is 2.37. The Hall–Kier alpha value is -2.34. The lowest BCUT2D eigenvalue weighted by Gasteiger charge is -2.39. The van der Waals surface area contributed by atoms with Crippen LogP contribution in [0.4, 0.5) is 0 Å². The van der Waals surface area contributed by atoms with Gasteiger partial charge in [-0.05, 0) is 90.7 Å². The number of Topliss-reactive ketones (excluding diaryl/α,β-unsaturated/α-hetero) is 2. The summed E-state index contributed by atoms with van der Waals surface area (Å²) in [5.41, 5.74) is 2.43. The van der Waals surface area contributed by atoms with Gasteiger partial charge in [-0.3, -0.25) is 19.4 Å². The largest absolute Gasteiger partial charge is 0.372 e. The normalized spacial score (nSPS) is 18.2. The molecule has 200 valence electrons. The maximum absolute atomic E-state index is 13.4. The van der Waals surface area contributed by atoms with Crippen molar-refractivity contribution in [3.05, 3.63) is 70.8 Å². The molecule has 2 fully saturated rings. The van der Waals surface area contributed by atoms with Crippen molar-refractivity contribution in [1.29, 1.82) is 0 Å². The number of carbonyl (C=O) groups excluding carboxylic acids is 2. The van der Waals surface area contributed by atoms with Gasteiger partial charge in [0.15, 0.2) is 11.6 Å². The van der Waals surface area contributed by atoms with Crippen LogP contribution in [0, 0.1) is 0 Å². The molecule has 0 atom stereocenters. The molecule has 0 radical (unpaired) electrons. The minimum atomic E-state index is -0.507. The van der Waals surface area contributed by atoms with Crippen molar-refractivity contribution in [3.63, 3.8) is 0 Å². The summed E-state index contributed by atoms with van der Waals surface area (Å²) in [5, 5.41) is 0. The molecule has 2 saturated heterocycles. The van der Waals surface area contributed by atoms with E-state index >= 15 is 0 Å². The summed E-state index contributed by atoms with van der Waals surface area (Å²) in [6.45, 7) is 12.1. The highest BCUT2D eigenvalue weighted by atomic mass is 16.5. The molecule has 2 aromatic rings. The van der Waals surface area contributed by atoms with E-state index in [0.29, 0.717) is 0 Å². The lowest BCUT2D eigenvalue weighted by Crippen LogP contribution is -2.52. The van der Waals surface area contributed by atoms with E-state index in [-0.39, 0.29) is 17.7 Å². The van der Waals surface area contributed by atoms with Crippen LogP contribution in [0.1, 0.15) is 104 Å². The molecule has 2 aliphatic heterocycles. The Morgan fingerprint density at radius 1 is 0.622 bits per heavy atom. The van der Waals surface area contributed by atoms with Crippen LogP contribution in [0.2, 0.25) is 0 Å². The van der Waals surface area contributed by atoms with Gasteiger partial charge in [0.25, 0.3) is 0 Å². The number of piperidine rings is 2. The summed E-state index contributed by atoms with van der Waals surface area (Å²) in [6.07, 6.45) is 6.87. The fourth-order valence-electron chi connectivity index (χ4n) is 5.98. The van der Waals surface area contributed by atoms with Crippen LogP contribution in [0.3, 0.4) is 0 Å². The fraction of sp³-hybridized carbons (Fsp3) is 0.562. The maximum atomic E-state index is 13.4. The van der Waals surface area contributed by atoms with E-state index in [1.165, 1.54) is 12.8 Å². The van der Waals surface area contributed by atoms with Gasteiger partial charge in [0.1, 0.15) is 6.10 Å². The highest BCUT2D eigenvalue weighted by molar-refractivity contribution is 6.03. The Morgan fingerprint density at radius 3 is 1.24 bits per heavy atom. The maximum Gasteiger partial charge on any atom is 0.182 e. The molecule has 37 heavy (non-hydrogen) atoms. The molecular weight excluding hydrogens is 460 g/mol. The van der Waals surface area contributed by atoms with Crippen LogP contribution in [-0.4, -0.2) is 65.7 Å². The fourth-order valence-corrected chi connectivity index (χ4v) is 5.98. The number of nitrogens with zero attached hydrogens (tertiary/aromatic N) is 2. The zero-order valence-electron chi connectivity index (χ0n) is 23.4. The summed E-state index contributed by atoms with van der Waals surface area (Å²) in [6, 6.07) is 15.7. The Balaban J connectivity index is 1.47. The molecule has 0 N–H and O–H groups in total. The van der Waals surface area contributed by atoms with Gasteiger partial charge in [-0.25, -0.2) is 0 Å². The van der Waals surface area contributed by atoms with E-state index in [0.717, 1.165) is 74.1 Å². The van der Waals surface area contributed by atoms with E-state index < -0.39 is 11.1 Å². The molecule has 0 spiro atoms. The van der Waals surface area contributed by atoms with E-state index in [1.807, 2.05) is 76.2 Å². The molecule has 2 aliphatic rings. The lowest BCUT2D eigenvalue weighted by atomic mass is 9.88. The molecule has 0 saturated carbocycles. The lowest BCUT2D eigenvalue weighted by molar-refractivity contribution is 0.0576. The minimum Gasteiger partial charge on any atom is -0.372 e. The average Bonchev–Trinajstić information content (AvgIpc) is 2.94. The van der Waals surface area contributed by atoms with Crippen molar-refractivity contribution >= 4 is 11.6 Å². The smallest absolute Gasteiger partial charge is 0.182 e. The third-order valence-electron chi connectivity index (χ3n) is 8.59. The van der Waals surface area contributed by atoms with Gasteiger partial charge < -0.3 is 4.74 Å². The summed E-state index contributed by atoms with van der Waals surface area (Å²) < 4.78 is 5.86.